The first-order chi connectivity index (χ1) is 10.4. The minimum atomic E-state index is -0.532. The quantitative estimate of drug-likeness (QED) is 0.923. The van der Waals surface area contributed by atoms with Crippen molar-refractivity contribution in [2.24, 2.45) is 0 Å². The van der Waals surface area contributed by atoms with Gasteiger partial charge in [0, 0.05) is 18.6 Å². The monoisotopic (exact) mass is 322 g/mol. The van der Waals surface area contributed by atoms with Gasteiger partial charge < -0.3 is 15.0 Å². The third-order valence-corrected chi connectivity index (χ3v) is 4.82. The van der Waals surface area contributed by atoms with Gasteiger partial charge in [-0.15, -0.1) is 11.8 Å². The number of aryl methyl sites for hydroxylation is 2. The van der Waals surface area contributed by atoms with Gasteiger partial charge in [-0.3, -0.25) is 9.59 Å². The van der Waals surface area contributed by atoms with E-state index in [1.807, 2.05) is 32.0 Å². The van der Waals surface area contributed by atoms with E-state index in [4.69, 9.17) is 4.74 Å². The Kier molecular flexibility index (Phi) is 5.47. The molecule has 1 saturated heterocycles. The SMILES string of the molecule is CO[C@H](C)C(=O)N1CSC[C@@H]1C(=O)Nc1ccc(C)cc1C. The van der Waals surface area contributed by atoms with Crippen LogP contribution < -0.4 is 5.32 Å². The fraction of sp³-hybridized carbons (Fsp3) is 0.500. The maximum absolute atomic E-state index is 12.5. The van der Waals surface area contributed by atoms with E-state index in [1.165, 1.54) is 7.11 Å². The molecule has 0 bridgehead atoms. The lowest BCUT2D eigenvalue weighted by molar-refractivity contribution is -0.144. The lowest BCUT2D eigenvalue weighted by Gasteiger charge is -2.25. The summed E-state index contributed by atoms with van der Waals surface area (Å²) < 4.78 is 5.07. The maximum atomic E-state index is 12.5. The fourth-order valence-corrected chi connectivity index (χ4v) is 3.55. The van der Waals surface area contributed by atoms with E-state index < -0.39 is 12.1 Å². The molecule has 1 aliphatic heterocycles. The molecule has 1 heterocycles. The zero-order valence-corrected chi connectivity index (χ0v) is 14.2. The molecule has 22 heavy (non-hydrogen) atoms. The summed E-state index contributed by atoms with van der Waals surface area (Å²) >= 11 is 1.58. The Morgan fingerprint density at radius 2 is 2.14 bits per heavy atom. The van der Waals surface area contributed by atoms with Crippen molar-refractivity contribution < 1.29 is 14.3 Å². The highest BCUT2D eigenvalue weighted by atomic mass is 32.2. The summed E-state index contributed by atoms with van der Waals surface area (Å²) in [5.41, 5.74) is 2.96. The number of nitrogens with zero attached hydrogens (tertiary/aromatic N) is 1. The standard InChI is InChI=1S/C16H22N2O3S/c1-10-5-6-13(11(2)7-10)17-15(19)14-8-22-9-18(14)16(20)12(3)21-4/h5-7,12,14H,8-9H2,1-4H3,(H,17,19)/t12-,14-/m1/s1. The van der Waals surface area contributed by atoms with Crippen LogP contribution in [-0.2, 0) is 14.3 Å². The number of amides is 2. The minimum absolute atomic E-state index is 0.145. The molecule has 2 amide bonds. The van der Waals surface area contributed by atoms with Crippen molar-refractivity contribution in [2.75, 3.05) is 24.1 Å². The Bertz CT molecular complexity index is 577. The summed E-state index contributed by atoms with van der Waals surface area (Å²) in [7, 11) is 1.50. The van der Waals surface area contributed by atoms with E-state index >= 15 is 0 Å². The highest BCUT2D eigenvalue weighted by molar-refractivity contribution is 7.99. The molecule has 1 aromatic carbocycles. The molecule has 0 radical (unpaired) electrons. The van der Waals surface area contributed by atoms with Crippen molar-refractivity contribution >= 4 is 29.3 Å². The van der Waals surface area contributed by atoms with Crippen molar-refractivity contribution in [3.63, 3.8) is 0 Å². The molecule has 1 aliphatic rings. The molecule has 6 heteroatoms. The van der Waals surface area contributed by atoms with Crippen LogP contribution in [0.4, 0.5) is 5.69 Å². The molecule has 5 nitrogen and oxygen atoms in total. The zero-order chi connectivity index (χ0) is 16.3. The summed E-state index contributed by atoms with van der Waals surface area (Å²) in [6.45, 7) is 5.67. The van der Waals surface area contributed by atoms with Crippen LogP contribution in [0.2, 0.25) is 0 Å². The van der Waals surface area contributed by atoms with E-state index in [0.717, 1.165) is 16.8 Å². The molecular weight excluding hydrogens is 300 g/mol. The molecule has 0 saturated carbocycles. The average molecular weight is 322 g/mol. The number of thioether (sulfide) groups is 1. The molecule has 1 aromatic rings. The topological polar surface area (TPSA) is 58.6 Å². The number of hydrogen-bond donors (Lipinski definition) is 1. The normalized spacial score (nSPS) is 19.1. The van der Waals surface area contributed by atoms with E-state index in [9.17, 15) is 9.59 Å². The second-order valence-electron chi connectivity index (χ2n) is 5.51. The van der Waals surface area contributed by atoms with Crippen molar-refractivity contribution in [1.82, 2.24) is 4.90 Å². The summed E-state index contributed by atoms with van der Waals surface area (Å²) in [6, 6.07) is 5.43. The van der Waals surface area contributed by atoms with Gasteiger partial charge in [-0.1, -0.05) is 17.7 Å². The van der Waals surface area contributed by atoms with Crippen LogP contribution in [0.15, 0.2) is 18.2 Å². The molecule has 0 aromatic heterocycles. The zero-order valence-electron chi connectivity index (χ0n) is 13.4. The van der Waals surface area contributed by atoms with Gasteiger partial charge in [-0.05, 0) is 32.4 Å². The summed E-state index contributed by atoms with van der Waals surface area (Å²) in [5, 5.41) is 2.93. The molecule has 1 N–H and O–H groups in total. The Hall–Kier alpha value is -1.53. The van der Waals surface area contributed by atoms with Gasteiger partial charge in [0.1, 0.15) is 12.1 Å². The molecule has 120 valence electrons. The van der Waals surface area contributed by atoms with E-state index in [-0.39, 0.29) is 11.8 Å². The lowest BCUT2D eigenvalue weighted by Crippen LogP contribution is -2.48. The van der Waals surface area contributed by atoms with Gasteiger partial charge in [0.25, 0.3) is 5.91 Å². The first kappa shape index (κ1) is 16.8. The summed E-state index contributed by atoms with van der Waals surface area (Å²) in [5.74, 6) is 0.845. The van der Waals surface area contributed by atoms with Crippen LogP contribution in [0.25, 0.3) is 0 Å². The second kappa shape index (κ2) is 7.15. The van der Waals surface area contributed by atoms with Crippen LogP contribution in [-0.4, -0.2) is 47.6 Å². The number of benzene rings is 1. The third-order valence-electron chi connectivity index (χ3n) is 3.81. The molecule has 0 spiro atoms. The van der Waals surface area contributed by atoms with Gasteiger partial charge in [0.2, 0.25) is 5.91 Å². The lowest BCUT2D eigenvalue weighted by atomic mass is 10.1. The van der Waals surface area contributed by atoms with Crippen molar-refractivity contribution in [1.29, 1.82) is 0 Å². The Labute approximate surface area is 135 Å². The maximum Gasteiger partial charge on any atom is 0.252 e. The van der Waals surface area contributed by atoms with Gasteiger partial charge in [0.15, 0.2) is 0 Å². The van der Waals surface area contributed by atoms with Gasteiger partial charge >= 0.3 is 0 Å². The number of anilines is 1. The number of carbonyl (C=O) groups is 2. The van der Waals surface area contributed by atoms with Gasteiger partial charge in [-0.2, -0.15) is 0 Å². The molecule has 0 aliphatic carbocycles. The molecular formula is C16H22N2O3S. The molecule has 0 unspecified atom stereocenters. The number of nitrogens with one attached hydrogen (secondary N) is 1. The number of rotatable bonds is 4. The molecule has 2 rings (SSSR count). The predicted octanol–water partition coefficient (Wildman–Crippen LogP) is 2.18. The number of ether oxygens (including phenoxy) is 1. The second-order valence-corrected chi connectivity index (χ2v) is 6.51. The number of hydrogen-bond acceptors (Lipinski definition) is 4. The van der Waals surface area contributed by atoms with Crippen molar-refractivity contribution in [2.45, 2.75) is 32.9 Å². The van der Waals surface area contributed by atoms with E-state index in [1.54, 1.807) is 23.6 Å². The van der Waals surface area contributed by atoms with Crippen LogP contribution >= 0.6 is 11.8 Å². The first-order valence-corrected chi connectivity index (χ1v) is 8.38. The average Bonchev–Trinajstić information content (AvgIpc) is 2.98. The predicted molar refractivity (Wildman–Crippen MR) is 89.0 cm³/mol. The van der Waals surface area contributed by atoms with E-state index in [0.29, 0.717) is 11.6 Å². The van der Waals surface area contributed by atoms with Crippen LogP contribution in [0.1, 0.15) is 18.1 Å². The van der Waals surface area contributed by atoms with Crippen LogP contribution in [0.5, 0.6) is 0 Å². The minimum Gasteiger partial charge on any atom is -0.372 e. The fourth-order valence-electron chi connectivity index (χ4n) is 2.38. The first-order valence-electron chi connectivity index (χ1n) is 7.23. The Morgan fingerprint density at radius 3 is 2.77 bits per heavy atom. The smallest absolute Gasteiger partial charge is 0.252 e. The van der Waals surface area contributed by atoms with Crippen molar-refractivity contribution in [3.8, 4) is 0 Å². The highest BCUT2D eigenvalue weighted by Crippen LogP contribution is 2.24. The van der Waals surface area contributed by atoms with Crippen molar-refractivity contribution in [3.05, 3.63) is 29.3 Å². The largest absolute Gasteiger partial charge is 0.372 e. The van der Waals surface area contributed by atoms with Gasteiger partial charge in [-0.25, -0.2) is 0 Å². The summed E-state index contributed by atoms with van der Waals surface area (Å²) in [4.78, 5) is 26.4. The number of methoxy groups -OCH3 is 1. The number of carbonyl (C=O) groups excluding carboxylic acids is 2. The Morgan fingerprint density at radius 1 is 1.41 bits per heavy atom. The molecule has 2 atom stereocenters. The third kappa shape index (κ3) is 3.62. The highest BCUT2D eigenvalue weighted by Gasteiger charge is 2.36. The van der Waals surface area contributed by atoms with E-state index in [2.05, 4.69) is 5.32 Å². The van der Waals surface area contributed by atoms with Crippen LogP contribution in [0, 0.1) is 13.8 Å². The molecule has 1 fully saturated rings. The Balaban J connectivity index is 2.09. The summed E-state index contributed by atoms with van der Waals surface area (Å²) in [6.07, 6.45) is -0.532. The van der Waals surface area contributed by atoms with Gasteiger partial charge in [0.05, 0.1) is 5.88 Å². The van der Waals surface area contributed by atoms with Crippen LogP contribution in [0.3, 0.4) is 0 Å².